The van der Waals surface area contributed by atoms with Crippen LogP contribution in [0.15, 0.2) is 64.1 Å². The Bertz CT molecular complexity index is 725. The maximum Gasteiger partial charge on any atom is 0.251 e. The predicted octanol–water partition coefficient (Wildman–Crippen LogP) is 3.59. The lowest BCUT2D eigenvalue weighted by molar-refractivity contribution is 0.0953. The molecule has 0 saturated heterocycles. The Balaban J connectivity index is 0.00000364. The van der Waals surface area contributed by atoms with Gasteiger partial charge in [-0.15, -0.1) is 24.0 Å². The molecule has 0 fully saturated rings. The second-order valence-electron chi connectivity index (χ2n) is 5.78. The highest BCUT2D eigenvalue weighted by Crippen LogP contribution is 2.11. The molecule has 0 radical (unpaired) electrons. The zero-order valence-electron chi connectivity index (χ0n) is 15.4. The van der Waals surface area contributed by atoms with Crippen molar-refractivity contribution in [2.45, 2.75) is 12.8 Å². The summed E-state index contributed by atoms with van der Waals surface area (Å²) in [7, 11) is 1.76. The second kappa shape index (κ2) is 13.5. The summed E-state index contributed by atoms with van der Waals surface area (Å²) in [5, 5.41) is 9.48. The van der Waals surface area contributed by atoms with E-state index < -0.39 is 0 Å². The first kappa shape index (κ1) is 23.4. The number of nitrogens with one attached hydrogen (secondary N) is 3. The van der Waals surface area contributed by atoms with Crippen LogP contribution >= 0.6 is 39.9 Å². The van der Waals surface area contributed by atoms with Crippen LogP contribution in [0.1, 0.15) is 22.3 Å². The molecule has 0 aliphatic carbocycles. The number of rotatable bonds is 8. The van der Waals surface area contributed by atoms with Gasteiger partial charge in [0, 0.05) is 36.7 Å². The number of guanidine groups is 1. The molecule has 0 saturated carbocycles. The SMILES string of the molecule is CN=C(NCCCNC(=O)c1cccc(Br)c1)NCCc1ccccc1.I. The summed E-state index contributed by atoms with van der Waals surface area (Å²) in [6.45, 7) is 2.17. The normalized spacial score (nSPS) is 10.7. The lowest BCUT2D eigenvalue weighted by Crippen LogP contribution is -2.39. The standard InChI is InChI=1S/C20H25BrN4O.HI/c1-22-20(25-14-11-16-7-3-2-4-8-16)24-13-6-12-23-19(26)17-9-5-10-18(21)15-17;/h2-5,7-10,15H,6,11-14H2,1H3,(H,23,26)(H2,22,24,25);1H. The Kier molecular flexibility index (Phi) is 11.8. The van der Waals surface area contributed by atoms with Crippen LogP contribution in [-0.4, -0.2) is 38.5 Å². The van der Waals surface area contributed by atoms with Crippen molar-refractivity contribution in [3.63, 3.8) is 0 Å². The highest BCUT2D eigenvalue weighted by atomic mass is 127. The number of nitrogens with zero attached hydrogens (tertiary/aromatic N) is 1. The molecule has 2 aromatic carbocycles. The molecule has 0 aromatic heterocycles. The van der Waals surface area contributed by atoms with Gasteiger partial charge in [0.1, 0.15) is 0 Å². The van der Waals surface area contributed by atoms with Gasteiger partial charge in [-0.1, -0.05) is 52.3 Å². The minimum atomic E-state index is -0.0586. The van der Waals surface area contributed by atoms with E-state index in [1.807, 2.05) is 36.4 Å². The molecule has 2 aromatic rings. The quantitative estimate of drug-likeness (QED) is 0.206. The average Bonchev–Trinajstić information content (AvgIpc) is 2.67. The van der Waals surface area contributed by atoms with Gasteiger partial charge in [0.15, 0.2) is 5.96 Å². The van der Waals surface area contributed by atoms with E-state index in [4.69, 9.17) is 0 Å². The van der Waals surface area contributed by atoms with Crippen molar-refractivity contribution in [3.8, 4) is 0 Å². The molecule has 0 spiro atoms. The van der Waals surface area contributed by atoms with Gasteiger partial charge < -0.3 is 16.0 Å². The summed E-state index contributed by atoms with van der Waals surface area (Å²) in [5.41, 5.74) is 1.96. The summed E-state index contributed by atoms with van der Waals surface area (Å²) in [6.07, 6.45) is 1.77. The van der Waals surface area contributed by atoms with Crippen molar-refractivity contribution in [3.05, 3.63) is 70.2 Å². The smallest absolute Gasteiger partial charge is 0.251 e. The summed E-state index contributed by atoms with van der Waals surface area (Å²) < 4.78 is 0.900. The number of carbonyl (C=O) groups excluding carboxylic acids is 1. The average molecular weight is 545 g/mol. The van der Waals surface area contributed by atoms with Crippen molar-refractivity contribution in [2.24, 2.45) is 4.99 Å². The van der Waals surface area contributed by atoms with Gasteiger partial charge in [-0.2, -0.15) is 0 Å². The Morgan fingerprint density at radius 2 is 1.67 bits per heavy atom. The maximum atomic E-state index is 12.0. The minimum Gasteiger partial charge on any atom is -0.356 e. The molecular weight excluding hydrogens is 519 g/mol. The fraction of sp³-hybridized carbons (Fsp3) is 0.300. The number of halogens is 2. The molecule has 0 bridgehead atoms. The second-order valence-corrected chi connectivity index (χ2v) is 6.70. The first-order valence-corrected chi connectivity index (χ1v) is 9.50. The van der Waals surface area contributed by atoms with Crippen molar-refractivity contribution >= 4 is 51.8 Å². The summed E-state index contributed by atoms with van der Waals surface area (Å²) in [6, 6.07) is 17.7. The van der Waals surface area contributed by atoms with Crippen LogP contribution in [0.4, 0.5) is 0 Å². The van der Waals surface area contributed by atoms with E-state index in [-0.39, 0.29) is 29.9 Å². The van der Waals surface area contributed by atoms with Crippen molar-refractivity contribution < 1.29 is 4.79 Å². The number of amides is 1. The number of aliphatic imine (C=N–C) groups is 1. The van der Waals surface area contributed by atoms with Crippen LogP contribution in [0.25, 0.3) is 0 Å². The van der Waals surface area contributed by atoms with Crippen LogP contribution in [-0.2, 0) is 6.42 Å². The van der Waals surface area contributed by atoms with E-state index in [1.54, 1.807) is 13.1 Å². The molecule has 1 amide bonds. The fourth-order valence-corrected chi connectivity index (χ4v) is 2.82. The monoisotopic (exact) mass is 544 g/mol. The van der Waals surface area contributed by atoms with E-state index in [0.717, 1.165) is 36.4 Å². The molecule has 5 nitrogen and oxygen atoms in total. The molecule has 0 aliphatic rings. The topological polar surface area (TPSA) is 65.5 Å². The van der Waals surface area contributed by atoms with E-state index in [0.29, 0.717) is 12.1 Å². The van der Waals surface area contributed by atoms with Crippen molar-refractivity contribution in [2.75, 3.05) is 26.7 Å². The Morgan fingerprint density at radius 3 is 2.37 bits per heavy atom. The van der Waals surface area contributed by atoms with Gasteiger partial charge in [-0.25, -0.2) is 0 Å². The molecule has 0 heterocycles. The van der Waals surface area contributed by atoms with Crippen LogP contribution in [0.3, 0.4) is 0 Å². The molecule has 0 atom stereocenters. The minimum absolute atomic E-state index is 0. The lowest BCUT2D eigenvalue weighted by Gasteiger charge is -2.12. The number of carbonyl (C=O) groups is 1. The Labute approximate surface area is 186 Å². The maximum absolute atomic E-state index is 12.0. The third-order valence-electron chi connectivity index (χ3n) is 3.79. The van der Waals surface area contributed by atoms with Gasteiger partial charge in [-0.3, -0.25) is 9.79 Å². The number of hydrogen-bond acceptors (Lipinski definition) is 2. The van der Waals surface area contributed by atoms with E-state index in [9.17, 15) is 4.79 Å². The first-order valence-electron chi connectivity index (χ1n) is 8.71. The number of hydrogen-bond donors (Lipinski definition) is 3. The van der Waals surface area contributed by atoms with Crippen LogP contribution in [0.2, 0.25) is 0 Å². The summed E-state index contributed by atoms with van der Waals surface area (Å²) in [4.78, 5) is 16.2. The summed E-state index contributed by atoms with van der Waals surface area (Å²) in [5.74, 6) is 0.718. The zero-order chi connectivity index (χ0) is 18.6. The van der Waals surface area contributed by atoms with Crippen LogP contribution in [0, 0.1) is 0 Å². The van der Waals surface area contributed by atoms with Gasteiger partial charge in [0.05, 0.1) is 0 Å². The van der Waals surface area contributed by atoms with Crippen LogP contribution < -0.4 is 16.0 Å². The highest BCUT2D eigenvalue weighted by Gasteiger charge is 2.04. The molecule has 146 valence electrons. The lowest BCUT2D eigenvalue weighted by atomic mass is 10.1. The zero-order valence-corrected chi connectivity index (χ0v) is 19.3. The van der Waals surface area contributed by atoms with Crippen molar-refractivity contribution in [1.82, 2.24) is 16.0 Å². The fourth-order valence-electron chi connectivity index (χ4n) is 2.42. The van der Waals surface area contributed by atoms with Crippen LogP contribution in [0.5, 0.6) is 0 Å². The predicted molar refractivity (Wildman–Crippen MR) is 126 cm³/mol. The van der Waals surface area contributed by atoms with Gasteiger partial charge in [-0.05, 0) is 36.6 Å². The summed E-state index contributed by atoms with van der Waals surface area (Å²) >= 11 is 3.37. The third-order valence-corrected chi connectivity index (χ3v) is 4.28. The van der Waals surface area contributed by atoms with Gasteiger partial charge in [0.2, 0.25) is 0 Å². The first-order chi connectivity index (χ1) is 12.7. The Morgan fingerprint density at radius 1 is 0.963 bits per heavy atom. The Hall–Kier alpha value is -1.61. The van der Waals surface area contributed by atoms with Gasteiger partial charge in [0.25, 0.3) is 5.91 Å². The van der Waals surface area contributed by atoms with Crippen molar-refractivity contribution in [1.29, 1.82) is 0 Å². The molecule has 2 rings (SSSR count). The van der Waals surface area contributed by atoms with E-state index >= 15 is 0 Å². The molecule has 3 N–H and O–H groups in total. The molecule has 27 heavy (non-hydrogen) atoms. The third kappa shape index (κ3) is 9.23. The van der Waals surface area contributed by atoms with E-state index in [2.05, 4.69) is 49.0 Å². The largest absolute Gasteiger partial charge is 0.356 e. The number of benzene rings is 2. The molecule has 7 heteroatoms. The molecule has 0 unspecified atom stereocenters. The van der Waals surface area contributed by atoms with E-state index in [1.165, 1.54) is 5.56 Å². The molecular formula is C20H26BrIN4O. The molecule has 0 aliphatic heterocycles. The van der Waals surface area contributed by atoms with Gasteiger partial charge >= 0.3 is 0 Å². The highest BCUT2D eigenvalue weighted by molar-refractivity contribution is 14.0.